The van der Waals surface area contributed by atoms with E-state index in [0.29, 0.717) is 17.6 Å². The fourth-order valence-electron chi connectivity index (χ4n) is 5.16. The number of para-hydroxylation sites is 1. The first-order valence-electron chi connectivity index (χ1n) is 12.2. The fraction of sp³-hybridized carbons (Fsp3) is 0.321. The van der Waals surface area contributed by atoms with Gasteiger partial charge in [-0.25, -0.2) is 0 Å². The molecule has 4 aromatic rings. The second kappa shape index (κ2) is 10.3. The number of carbonyl (C=O) groups excluding carboxylic acids is 1. The van der Waals surface area contributed by atoms with Crippen molar-refractivity contribution in [3.8, 4) is 0 Å². The largest absolute Gasteiger partial charge is 0.392 e. The summed E-state index contributed by atoms with van der Waals surface area (Å²) < 4.78 is 2.31. The van der Waals surface area contributed by atoms with Gasteiger partial charge in [0.25, 0.3) is 0 Å². The molecule has 182 valence electrons. The topological polar surface area (TPSA) is 69.5 Å². The number of nitrogens with one attached hydrogen (secondary N) is 2. The number of likely N-dealkylation sites (tertiary alicyclic amines) is 1. The van der Waals surface area contributed by atoms with E-state index in [9.17, 15) is 9.90 Å². The van der Waals surface area contributed by atoms with E-state index in [0.717, 1.165) is 54.8 Å². The lowest BCUT2D eigenvalue weighted by atomic mass is 10.0. The Labute approximate surface area is 210 Å². The quantitative estimate of drug-likeness (QED) is 0.321. The highest BCUT2D eigenvalue weighted by molar-refractivity contribution is 6.30. The maximum atomic E-state index is 12.8. The minimum absolute atomic E-state index is 0.00950. The normalized spacial score (nSPS) is 15.1. The highest BCUT2D eigenvalue weighted by Gasteiger charge is 2.21. The van der Waals surface area contributed by atoms with Crippen LogP contribution < -0.4 is 10.6 Å². The molecule has 0 atom stereocenters. The van der Waals surface area contributed by atoms with Gasteiger partial charge in [0.15, 0.2) is 0 Å². The van der Waals surface area contributed by atoms with E-state index in [1.54, 1.807) is 6.07 Å². The summed E-state index contributed by atoms with van der Waals surface area (Å²) in [5.74, 6) is 0.00950. The van der Waals surface area contributed by atoms with Gasteiger partial charge in [-0.15, -0.1) is 0 Å². The van der Waals surface area contributed by atoms with Crippen molar-refractivity contribution in [2.45, 2.75) is 39.0 Å². The SMILES string of the molecule is CCn1c2ccccc2c2cc(NC(=O)CN3CCC(Nc4ccc(Cl)cc4CO)CC3)ccc21. The van der Waals surface area contributed by atoms with Crippen LogP contribution in [0.4, 0.5) is 11.4 Å². The van der Waals surface area contributed by atoms with E-state index in [-0.39, 0.29) is 12.5 Å². The maximum absolute atomic E-state index is 12.8. The average molecular weight is 491 g/mol. The van der Waals surface area contributed by atoms with E-state index < -0.39 is 0 Å². The summed E-state index contributed by atoms with van der Waals surface area (Å²) >= 11 is 6.04. The molecule has 7 heteroatoms. The summed E-state index contributed by atoms with van der Waals surface area (Å²) in [4.78, 5) is 15.0. The highest BCUT2D eigenvalue weighted by Crippen LogP contribution is 2.31. The van der Waals surface area contributed by atoms with Gasteiger partial charge in [-0.3, -0.25) is 9.69 Å². The zero-order chi connectivity index (χ0) is 24.4. The number of hydrogen-bond acceptors (Lipinski definition) is 4. The molecule has 1 fully saturated rings. The molecule has 3 aromatic carbocycles. The molecule has 5 rings (SSSR count). The van der Waals surface area contributed by atoms with Crippen LogP contribution in [0.15, 0.2) is 60.7 Å². The van der Waals surface area contributed by atoms with E-state index in [1.807, 2.05) is 18.2 Å². The van der Waals surface area contributed by atoms with Gasteiger partial charge in [0.05, 0.1) is 13.2 Å². The predicted molar refractivity (Wildman–Crippen MR) is 144 cm³/mol. The molecule has 0 bridgehead atoms. The Morgan fingerprint density at radius 1 is 1.03 bits per heavy atom. The minimum atomic E-state index is -0.0489. The van der Waals surface area contributed by atoms with E-state index in [1.165, 1.54) is 16.4 Å². The summed E-state index contributed by atoms with van der Waals surface area (Å²) in [6.07, 6.45) is 1.87. The van der Waals surface area contributed by atoms with Crippen molar-refractivity contribution in [1.82, 2.24) is 9.47 Å². The molecule has 2 heterocycles. The molecule has 6 nitrogen and oxygen atoms in total. The lowest BCUT2D eigenvalue weighted by molar-refractivity contribution is -0.117. The standard InChI is InChI=1S/C28H31ClN4O2/c1-2-33-26-6-4-3-5-23(26)24-16-22(8-10-27(24)33)31-28(35)17-32-13-11-21(12-14-32)30-25-9-7-20(29)15-19(25)18-34/h3-10,15-16,21,30,34H,2,11-14,17-18H2,1H3,(H,31,35). The van der Waals surface area contributed by atoms with Gasteiger partial charge >= 0.3 is 0 Å². The molecule has 1 aliphatic rings. The third-order valence-corrected chi connectivity index (χ3v) is 7.16. The number of aliphatic hydroxyl groups excluding tert-OH is 1. The number of hydrogen-bond donors (Lipinski definition) is 3. The molecular weight excluding hydrogens is 460 g/mol. The molecule has 3 N–H and O–H groups in total. The minimum Gasteiger partial charge on any atom is -0.392 e. The van der Waals surface area contributed by atoms with Gasteiger partial charge in [0, 0.05) is 69.4 Å². The molecular formula is C28H31ClN4O2. The summed E-state index contributed by atoms with van der Waals surface area (Å²) in [6.45, 7) is 5.07. The summed E-state index contributed by atoms with van der Waals surface area (Å²) in [6, 6.07) is 20.4. The Morgan fingerprint density at radius 3 is 2.57 bits per heavy atom. The first-order valence-corrected chi connectivity index (χ1v) is 12.6. The molecule has 1 aliphatic heterocycles. The van der Waals surface area contributed by atoms with Gasteiger partial charge in [-0.05, 0) is 62.2 Å². The van der Waals surface area contributed by atoms with Gasteiger partial charge in [-0.1, -0.05) is 29.8 Å². The number of amides is 1. The van der Waals surface area contributed by atoms with Crippen molar-refractivity contribution in [2.24, 2.45) is 0 Å². The van der Waals surface area contributed by atoms with Gasteiger partial charge in [0.2, 0.25) is 5.91 Å². The number of aromatic nitrogens is 1. The van der Waals surface area contributed by atoms with Crippen molar-refractivity contribution in [1.29, 1.82) is 0 Å². The first kappa shape index (κ1) is 23.7. The number of halogens is 1. The Morgan fingerprint density at radius 2 is 1.80 bits per heavy atom. The number of fused-ring (bicyclic) bond motifs is 3. The Kier molecular flexibility index (Phi) is 6.95. The number of nitrogens with zero attached hydrogens (tertiary/aromatic N) is 2. The van der Waals surface area contributed by atoms with Crippen LogP contribution in [-0.2, 0) is 17.9 Å². The van der Waals surface area contributed by atoms with Crippen LogP contribution in [-0.4, -0.2) is 46.2 Å². The average Bonchev–Trinajstić information content (AvgIpc) is 3.19. The van der Waals surface area contributed by atoms with Crippen molar-refractivity contribution >= 4 is 50.7 Å². The van der Waals surface area contributed by atoms with Gasteiger partial charge in [0.1, 0.15) is 0 Å². The number of rotatable bonds is 7. The molecule has 1 aromatic heterocycles. The van der Waals surface area contributed by atoms with Gasteiger partial charge < -0.3 is 20.3 Å². The van der Waals surface area contributed by atoms with Crippen LogP contribution in [0.5, 0.6) is 0 Å². The zero-order valence-electron chi connectivity index (χ0n) is 19.9. The molecule has 1 saturated heterocycles. The van der Waals surface area contributed by atoms with Crippen molar-refractivity contribution in [2.75, 3.05) is 30.3 Å². The third kappa shape index (κ3) is 5.01. The monoisotopic (exact) mass is 490 g/mol. The van der Waals surface area contributed by atoms with Crippen LogP contribution in [0.1, 0.15) is 25.3 Å². The molecule has 0 unspecified atom stereocenters. The summed E-state index contributed by atoms with van der Waals surface area (Å²) in [7, 11) is 0. The van der Waals surface area contributed by atoms with E-state index in [2.05, 4.69) is 63.4 Å². The Hall–Kier alpha value is -3.06. The number of benzene rings is 3. The first-order chi connectivity index (χ1) is 17.1. The van der Waals surface area contributed by atoms with Crippen LogP contribution in [0.3, 0.4) is 0 Å². The molecule has 0 spiro atoms. The smallest absolute Gasteiger partial charge is 0.238 e. The number of piperidine rings is 1. The summed E-state index contributed by atoms with van der Waals surface area (Å²) in [5.41, 5.74) is 4.96. The summed E-state index contributed by atoms with van der Waals surface area (Å²) in [5, 5.41) is 19.2. The molecule has 0 radical (unpaired) electrons. The Bertz CT molecular complexity index is 1360. The Balaban J connectivity index is 1.19. The number of anilines is 2. The molecule has 35 heavy (non-hydrogen) atoms. The fourth-order valence-corrected chi connectivity index (χ4v) is 5.36. The molecule has 0 saturated carbocycles. The second-order valence-electron chi connectivity index (χ2n) is 9.20. The van der Waals surface area contributed by atoms with Crippen LogP contribution >= 0.6 is 11.6 Å². The molecule has 0 aliphatic carbocycles. The molecule has 1 amide bonds. The maximum Gasteiger partial charge on any atom is 0.238 e. The highest BCUT2D eigenvalue weighted by atomic mass is 35.5. The van der Waals surface area contributed by atoms with Crippen LogP contribution in [0, 0.1) is 0 Å². The van der Waals surface area contributed by atoms with Crippen molar-refractivity contribution in [3.05, 3.63) is 71.2 Å². The van der Waals surface area contributed by atoms with Crippen molar-refractivity contribution < 1.29 is 9.90 Å². The van der Waals surface area contributed by atoms with E-state index >= 15 is 0 Å². The lowest BCUT2D eigenvalue weighted by Crippen LogP contribution is -2.42. The zero-order valence-corrected chi connectivity index (χ0v) is 20.7. The van der Waals surface area contributed by atoms with Crippen molar-refractivity contribution in [3.63, 3.8) is 0 Å². The lowest BCUT2D eigenvalue weighted by Gasteiger charge is -2.32. The third-order valence-electron chi connectivity index (χ3n) is 6.92. The number of carbonyl (C=O) groups is 1. The van der Waals surface area contributed by atoms with Crippen LogP contribution in [0.2, 0.25) is 5.02 Å². The van der Waals surface area contributed by atoms with Gasteiger partial charge in [-0.2, -0.15) is 0 Å². The van der Waals surface area contributed by atoms with Crippen LogP contribution in [0.25, 0.3) is 21.8 Å². The predicted octanol–water partition coefficient (Wildman–Crippen LogP) is 5.48. The number of aryl methyl sites for hydroxylation is 1. The number of aliphatic hydroxyl groups is 1. The van der Waals surface area contributed by atoms with E-state index in [4.69, 9.17) is 11.6 Å². The second-order valence-corrected chi connectivity index (χ2v) is 9.63.